The van der Waals surface area contributed by atoms with Crippen molar-refractivity contribution in [3.8, 4) is 0 Å². The third-order valence-electron chi connectivity index (χ3n) is 0.523. The van der Waals surface area contributed by atoms with Crippen molar-refractivity contribution in [1.29, 1.82) is 0 Å². The van der Waals surface area contributed by atoms with Crippen LogP contribution in [0.15, 0.2) is 0 Å². The molecule has 0 saturated heterocycles. The van der Waals surface area contributed by atoms with Gasteiger partial charge in [0.15, 0.2) is 5.60 Å². The van der Waals surface area contributed by atoms with Crippen LogP contribution in [0.25, 0.3) is 0 Å². The number of hydrogen-bond acceptors (Lipinski definition) is 2. The Kier molecular flexibility index (Phi) is 4.74. The molecule has 0 aromatic heterocycles. The van der Waals surface area contributed by atoms with Crippen molar-refractivity contribution in [2.45, 2.75) is 19.4 Å². The van der Waals surface area contributed by atoms with Crippen LogP contribution in [0.1, 0.15) is 13.8 Å². The first-order valence-electron chi connectivity index (χ1n) is 1.90. The van der Waals surface area contributed by atoms with Crippen LogP contribution in [-0.2, 0) is 4.79 Å². The Bertz CT molecular complexity index is 83.8. The normalized spacial score (nSPS) is 9.88. The van der Waals surface area contributed by atoms with E-state index in [0.29, 0.717) is 0 Å². The van der Waals surface area contributed by atoms with E-state index >= 15 is 0 Å². The molecule has 8 heavy (non-hydrogen) atoms. The van der Waals surface area contributed by atoms with Gasteiger partial charge in [-0.1, -0.05) is 0 Å². The van der Waals surface area contributed by atoms with Gasteiger partial charge in [0.05, 0.1) is 0 Å². The third-order valence-corrected chi connectivity index (χ3v) is 0.523. The molecule has 48 valence electrons. The summed E-state index contributed by atoms with van der Waals surface area (Å²) in [4.78, 5) is 9.77. The molecule has 0 unspecified atom stereocenters. The minimum atomic E-state index is -1.58. The molecule has 3 nitrogen and oxygen atoms in total. The van der Waals surface area contributed by atoms with Crippen LogP contribution in [0, 0.1) is 0 Å². The topological polar surface area (TPSA) is 57.5 Å². The zero-order chi connectivity index (χ0) is 6.08. The molecule has 0 heterocycles. The van der Waals surface area contributed by atoms with Crippen LogP contribution >= 0.6 is 0 Å². The van der Waals surface area contributed by atoms with Crippen molar-refractivity contribution in [1.82, 2.24) is 0 Å². The van der Waals surface area contributed by atoms with E-state index in [9.17, 15) is 4.79 Å². The van der Waals surface area contributed by atoms with Gasteiger partial charge in [-0.05, 0) is 13.8 Å². The molecule has 0 atom stereocenters. The van der Waals surface area contributed by atoms with Crippen molar-refractivity contribution < 1.29 is 15.0 Å². The maximum absolute atomic E-state index is 9.77. The predicted molar refractivity (Wildman–Crippen MR) is 32.5 cm³/mol. The molecule has 0 aliphatic carbocycles. The van der Waals surface area contributed by atoms with Crippen molar-refractivity contribution >= 4 is 33.3 Å². The van der Waals surface area contributed by atoms with Crippen LogP contribution in [-0.4, -0.2) is 49.1 Å². The van der Waals surface area contributed by atoms with Crippen molar-refractivity contribution in [2.75, 3.05) is 0 Å². The summed E-state index contributed by atoms with van der Waals surface area (Å²) in [5.74, 6) is -1.20. The molecule has 0 aliphatic heterocycles. The van der Waals surface area contributed by atoms with Crippen LogP contribution in [0.2, 0.25) is 0 Å². The second-order valence-corrected chi connectivity index (χ2v) is 1.86. The average Bonchev–Trinajstić information content (AvgIpc) is 1.31. The number of aliphatic carboxylic acids is 1. The van der Waals surface area contributed by atoms with Gasteiger partial charge in [-0.2, -0.15) is 0 Å². The Labute approximate surface area is 67.9 Å². The van der Waals surface area contributed by atoms with Gasteiger partial charge in [-0.15, -0.1) is 0 Å². The van der Waals surface area contributed by atoms with Crippen LogP contribution < -0.4 is 0 Å². The number of hydrogen-bond donors (Lipinski definition) is 2. The molecule has 0 saturated carbocycles. The molecule has 0 aliphatic rings. The first-order valence-corrected chi connectivity index (χ1v) is 1.90. The Balaban J connectivity index is 0. The number of rotatable bonds is 1. The summed E-state index contributed by atoms with van der Waals surface area (Å²) in [5.41, 5.74) is -1.58. The van der Waals surface area contributed by atoms with E-state index in [1.807, 2.05) is 0 Å². The first-order chi connectivity index (χ1) is 2.94. The van der Waals surface area contributed by atoms with Crippen LogP contribution in [0.3, 0.4) is 0 Å². The van der Waals surface area contributed by atoms with Gasteiger partial charge in [-0.3, -0.25) is 0 Å². The Hall–Kier alpha value is 0.352. The molecule has 0 spiro atoms. The summed E-state index contributed by atoms with van der Waals surface area (Å²) in [7, 11) is 0. The van der Waals surface area contributed by atoms with Crippen molar-refractivity contribution in [2.24, 2.45) is 0 Å². The Morgan fingerprint density at radius 1 is 1.50 bits per heavy atom. The van der Waals surface area contributed by atoms with E-state index in [1.165, 1.54) is 13.8 Å². The third kappa shape index (κ3) is 4.51. The summed E-state index contributed by atoms with van der Waals surface area (Å²) >= 11 is 0. The minimum absolute atomic E-state index is 0. The molecule has 0 rings (SSSR count). The SMILES string of the molecule is CC(C)(O)C(=O)O.[PbH2]. The molecule has 0 bridgehead atoms. The molecule has 0 aromatic carbocycles. The quantitative estimate of drug-likeness (QED) is 0.606. The van der Waals surface area contributed by atoms with E-state index in [1.54, 1.807) is 0 Å². The van der Waals surface area contributed by atoms with Crippen LogP contribution in [0.4, 0.5) is 0 Å². The average molecular weight is 313 g/mol. The Morgan fingerprint density at radius 2 is 1.62 bits per heavy atom. The standard InChI is InChI=1S/C4H8O3.Pb.2H/c1-4(2,7)3(5)6;;;/h7H,1-2H3,(H,5,6);;;. The Morgan fingerprint density at radius 3 is 1.62 bits per heavy atom. The molecule has 0 aromatic rings. The first kappa shape index (κ1) is 11.2. The molecule has 2 radical (unpaired) electrons. The molecule has 2 N–H and O–H groups in total. The molecule has 0 fully saturated rings. The van der Waals surface area contributed by atoms with Gasteiger partial charge in [-0.25, -0.2) is 4.79 Å². The fraction of sp³-hybridized carbons (Fsp3) is 0.750. The summed E-state index contributed by atoms with van der Waals surface area (Å²) in [5, 5.41) is 16.5. The number of aliphatic hydroxyl groups is 1. The monoisotopic (exact) mass is 314 g/mol. The van der Waals surface area contributed by atoms with Gasteiger partial charge in [0.25, 0.3) is 0 Å². The van der Waals surface area contributed by atoms with Gasteiger partial charge in [0.2, 0.25) is 0 Å². The van der Waals surface area contributed by atoms with Gasteiger partial charge >= 0.3 is 33.3 Å². The second-order valence-electron chi connectivity index (χ2n) is 1.86. The summed E-state index contributed by atoms with van der Waals surface area (Å²) in [6, 6.07) is 0. The van der Waals surface area contributed by atoms with E-state index < -0.39 is 11.6 Å². The fourth-order valence-electron chi connectivity index (χ4n) is 0. The van der Waals surface area contributed by atoms with E-state index in [0.717, 1.165) is 0 Å². The zero-order valence-electron chi connectivity index (χ0n) is 5.01. The van der Waals surface area contributed by atoms with Gasteiger partial charge in [0.1, 0.15) is 0 Å². The fourth-order valence-corrected chi connectivity index (χ4v) is 0. The second kappa shape index (κ2) is 3.39. The van der Waals surface area contributed by atoms with Gasteiger partial charge < -0.3 is 10.2 Å². The summed E-state index contributed by atoms with van der Waals surface area (Å²) in [6.07, 6.45) is 0. The number of carbonyl (C=O) groups is 1. The van der Waals surface area contributed by atoms with E-state index in [2.05, 4.69) is 0 Å². The van der Waals surface area contributed by atoms with Crippen LogP contribution in [0.5, 0.6) is 0 Å². The van der Waals surface area contributed by atoms with E-state index in [-0.39, 0.29) is 27.3 Å². The van der Waals surface area contributed by atoms with Crippen molar-refractivity contribution in [3.63, 3.8) is 0 Å². The summed E-state index contributed by atoms with van der Waals surface area (Å²) < 4.78 is 0. The number of carboxylic acid groups (broad SMARTS) is 1. The molecular formula is C4H10O3Pb. The molecular weight excluding hydrogens is 303 g/mol. The van der Waals surface area contributed by atoms with Gasteiger partial charge in [0, 0.05) is 0 Å². The molecule has 4 heteroatoms. The molecule has 0 amide bonds. The predicted octanol–water partition coefficient (Wildman–Crippen LogP) is -1.07. The van der Waals surface area contributed by atoms with E-state index in [4.69, 9.17) is 10.2 Å². The summed E-state index contributed by atoms with van der Waals surface area (Å²) in [6.45, 7) is 2.44. The number of carboxylic acids is 1. The zero-order valence-corrected chi connectivity index (χ0v) is 10.5. The van der Waals surface area contributed by atoms with Crippen molar-refractivity contribution in [3.05, 3.63) is 0 Å². The maximum atomic E-state index is 9.77.